The van der Waals surface area contributed by atoms with Crippen LogP contribution in [0.2, 0.25) is 0 Å². The third kappa shape index (κ3) is 5.80. The van der Waals surface area contributed by atoms with Crippen LogP contribution in [-0.4, -0.2) is 39.3 Å². The Bertz CT molecular complexity index is 862. The number of H-pyrrole nitrogens is 1. The molecular weight excluding hydrogens is 471 g/mol. The van der Waals surface area contributed by atoms with E-state index in [0.29, 0.717) is 24.8 Å². The average Bonchev–Trinajstić information content (AvgIpc) is 3.38. The van der Waals surface area contributed by atoms with Gasteiger partial charge in [0.1, 0.15) is 17.7 Å². The number of hydrogen-bond donors (Lipinski definition) is 4. The van der Waals surface area contributed by atoms with Crippen molar-refractivity contribution in [3.05, 3.63) is 60.3 Å². The van der Waals surface area contributed by atoms with Crippen molar-refractivity contribution >= 4 is 29.9 Å². The Labute approximate surface area is 180 Å². The topological polar surface area (TPSA) is 111 Å². The number of furan rings is 1. The summed E-state index contributed by atoms with van der Waals surface area (Å²) in [7, 11) is 0. The van der Waals surface area contributed by atoms with Gasteiger partial charge in [0.2, 0.25) is 0 Å². The third-order valence-corrected chi connectivity index (χ3v) is 4.03. The highest BCUT2D eigenvalue weighted by Crippen LogP contribution is 2.20. The van der Waals surface area contributed by atoms with Gasteiger partial charge in [-0.1, -0.05) is 18.2 Å². The Morgan fingerprint density at radius 1 is 1.29 bits per heavy atom. The van der Waals surface area contributed by atoms with Gasteiger partial charge in [-0.3, -0.25) is 5.10 Å². The van der Waals surface area contributed by atoms with Crippen molar-refractivity contribution in [3.8, 4) is 11.4 Å². The van der Waals surface area contributed by atoms with Gasteiger partial charge >= 0.3 is 0 Å². The van der Waals surface area contributed by atoms with Crippen molar-refractivity contribution < 1.29 is 9.52 Å². The van der Waals surface area contributed by atoms with Gasteiger partial charge in [-0.25, -0.2) is 9.98 Å². The van der Waals surface area contributed by atoms with Crippen LogP contribution in [0, 0.1) is 0 Å². The number of halogens is 1. The van der Waals surface area contributed by atoms with Gasteiger partial charge in [0.15, 0.2) is 11.8 Å². The number of aromatic nitrogens is 3. The van der Waals surface area contributed by atoms with Crippen molar-refractivity contribution in [1.82, 2.24) is 25.8 Å². The lowest BCUT2D eigenvalue weighted by Gasteiger charge is -2.22. The fourth-order valence-corrected chi connectivity index (χ4v) is 2.60. The number of rotatable bonds is 7. The van der Waals surface area contributed by atoms with Crippen LogP contribution in [0.3, 0.4) is 0 Å². The Morgan fingerprint density at radius 3 is 2.82 bits per heavy atom. The van der Waals surface area contributed by atoms with Crippen LogP contribution in [0.1, 0.15) is 25.2 Å². The van der Waals surface area contributed by atoms with Gasteiger partial charge in [-0.05, 0) is 37.6 Å². The molecule has 1 atom stereocenters. The van der Waals surface area contributed by atoms with Crippen molar-refractivity contribution in [2.24, 2.45) is 4.99 Å². The zero-order valence-electron chi connectivity index (χ0n) is 15.8. The van der Waals surface area contributed by atoms with Gasteiger partial charge < -0.3 is 20.2 Å². The van der Waals surface area contributed by atoms with Crippen molar-refractivity contribution in [3.63, 3.8) is 0 Å². The summed E-state index contributed by atoms with van der Waals surface area (Å²) in [4.78, 5) is 8.77. The summed E-state index contributed by atoms with van der Waals surface area (Å²) in [5.74, 6) is 1.85. The van der Waals surface area contributed by atoms with E-state index in [4.69, 9.17) is 4.42 Å². The molecule has 3 aromatic rings. The molecule has 1 aromatic carbocycles. The fourth-order valence-electron chi connectivity index (χ4n) is 2.60. The Morgan fingerprint density at radius 2 is 2.14 bits per heavy atom. The molecular formula is C19H25IN6O2. The quantitative estimate of drug-likeness (QED) is 0.228. The van der Waals surface area contributed by atoms with Crippen molar-refractivity contribution in [2.75, 3.05) is 13.1 Å². The molecule has 28 heavy (non-hydrogen) atoms. The van der Waals surface area contributed by atoms with Gasteiger partial charge in [0.05, 0.1) is 19.4 Å². The molecule has 1 unspecified atom stereocenters. The summed E-state index contributed by atoms with van der Waals surface area (Å²) in [5.41, 5.74) is 0.865. The van der Waals surface area contributed by atoms with E-state index in [1.54, 1.807) is 25.3 Å². The molecule has 8 nitrogen and oxygen atoms in total. The molecule has 2 aromatic heterocycles. The average molecular weight is 496 g/mol. The molecule has 0 aliphatic heterocycles. The molecule has 0 fully saturated rings. The van der Waals surface area contributed by atoms with Gasteiger partial charge in [0, 0.05) is 12.1 Å². The Hall–Kier alpha value is -2.40. The Balaban J connectivity index is 0.00000280. The molecule has 2 heterocycles. The number of aliphatic hydroxyl groups is 1. The van der Waals surface area contributed by atoms with E-state index < -0.39 is 5.60 Å². The second kappa shape index (κ2) is 10.2. The number of hydrogen-bond acceptors (Lipinski definition) is 5. The first-order valence-corrected chi connectivity index (χ1v) is 8.81. The number of benzene rings is 1. The Kier molecular flexibility index (Phi) is 8.00. The highest BCUT2D eigenvalue weighted by molar-refractivity contribution is 14.0. The van der Waals surface area contributed by atoms with Crippen LogP contribution in [0.5, 0.6) is 0 Å². The number of aromatic amines is 1. The van der Waals surface area contributed by atoms with Crippen LogP contribution < -0.4 is 10.6 Å². The lowest BCUT2D eigenvalue weighted by Crippen LogP contribution is -2.44. The number of guanidine groups is 1. The highest BCUT2D eigenvalue weighted by atomic mass is 127. The largest absolute Gasteiger partial charge is 0.466 e. The number of nitrogens with zero attached hydrogens (tertiary/aromatic N) is 3. The van der Waals surface area contributed by atoms with E-state index in [2.05, 4.69) is 30.8 Å². The van der Waals surface area contributed by atoms with E-state index >= 15 is 0 Å². The molecule has 0 bridgehead atoms. The summed E-state index contributed by atoms with van der Waals surface area (Å²) in [5, 5.41) is 23.6. The monoisotopic (exact) mass is 496 g/mol. The first-order chi connectivity index (χ1) is 13.1. The zero-order chi connectivity index (χ0) is 19.1. The summed E-state index contributed by atoms with van der Waals surface area (Å²) in [6.07, 6.45) is 3.03. The number of aliphatic imine (C=N–C) groups is 1. The van der Waals surface area contributed by atoms with Gasteiger partial charge in [-0.15, -0.1) is 24.0 Å². The molecule has 0 saturated carbocycles. The summed E-state index contributed by atoms with van der Waals surface area (Å²) < 4.78 is 5.30. The molecule has 0 amide bonds. The molecule has 0 aliphatic carbocycles. The molecule has 150 valence electrons. The fraction of sp³-hybridized carbons (Fsp3) is 0.316. The first-order valence-electron chi connectivity index (χ1n) is 8.81. The van der Waals surface area contributed by atoms with Gasteiger partial charge in [-0.2, -0.15) is 5.10 Å². The second-order valence-corrected chi connectivity index (χ2v) is 6.33. The molecule has 4 N–H and O–H groups in total. The molecule has 0 aliphatic rings. The maximum atomic E-state index is 10.6. The molecule has 0 saturated heterocycles. The van der Waals surface area contributed by atoms with Gasteiger partial charge in [0.25, 0.3) is 0 Å². The third-order valence-electron chi connectivity index (χ3n) is 4.03. The van der Waals surface area contributed by atoms with Crippen molar-refractivity contribution in [2.45, 2.75) is 26.0 Å². The zero-order valence-corrected chi connectivity index (χ0v) is 18.2. The highest BCUT2D eigenvalue weighted by Gasteiger charge is 2.26. The van der Waals surface area contributed by atoms with E-state index in [0.717, 1.165) is 17.0 Å². The number of nitrogens with one attached hydrogen (secondary N) is 3. The summed E-state index contributed by atoms with van der Waals surface area (Å²) in [6.45, 7) is 5.16. The lowest BCUT2D eigenvalue weighted by atomic mass is 10.0. The minimum atomic E-state index is -1.13. The molecule has 0 spiro atoms. The smallest absolute Gasteiger partial charge is 0.191 e. The van der Waals surface area contributed by atoms with E-state index in [-0.39, 0.29) is 30.5 Å². The van der Waals surface area contributed by atoms with Crippen LogP contribution in [0.25, 0.3) is 11.4 Å². The van der Waals surface area contributed by atoms with Crippen LogP contribution in [-0.2, 0) is 12.1 Å². The van der Waals surface area contributed by atoms with E-state index in [1.807, 2.05) is 31.2 Å². The second-order valence-electron chi connectivity index (χ2n) is 6.33. The maximum Gasteiger partial charge on any atom is 0.191 e. The maximum absolute atomic E-state index is 10.6. The minimum absolute atomic E-state index is 0. The summed E-state index contributed by atoms with van der Waals surface area (Å²) in [6, 6.07) is 11.5. The van der Waals surface area contributed by atoms with Crippen LogP contribution in [0.15, 0.2) is 58.4 Å². The normalized spacial score (nSPS) is 13.5. The predicted molar refractivity (Wildman–Crippen MR) is 118 cm³/mol. The lowest BCUT2D eigenvalue weighted by molar-refractivity contribution is 0.0386. The van der Waals surface area contributed by atoms with E-state index in [1.165, 1.54) is 6.33 Å². The molecule has 9 heteroatoms. The molecule has 3 rings (SSSR count). The predicted octanol–water partition coefficient (Wildman–Crippen LogP) is 2.65. The SMILES string of the molecule is CCNC(=NCc1cccc(-c2ncn[nH]2)c1)NCC(C)(O)c1ccco1.I. The van der Waals surface area contributed by atoms with Crippen LogP contribution >= 0.6 is 24.0 Å². The standard InChI is InChI=1S/C19H24N6O2.HI/c1-3-20-18(22-12-19(2,26)16-8-5-9-27-16)21-11-14-6-4-7-15(10-14)17-23-13-24-25-17;/h4-10,13,26H,3,11-12H2,1-2H3,(H2,20,21,22)(H,23,24,25);1H. The van der Waals surface area contributed by atoms with Crippen LogP contribution in [0.4, 0.5) is 0 Å². The van der Waals surface area contributed by atoms with Crippen molar-refractivity contribution in [1.29, 1.82) is 0 Å². The molecule has 0 radical (unpaired) electrons. The minimum Gasteiger partial charge on any atom is -0.466 e. The summed E-state index contributed by atoms with van der Waals surface area (Å²) >= 11 is 0. The first kappa shape index (κ1) is 21.9. The van der Waals surface area contributed by atoms with E-state index in [9.17, 15) is 5.11 Å².